The molecule has 0 aliphatic heterocycles. The van der Waals surface area contributed by atoms with Gasteiger partial charge in [-0.15, -0.1) is 0 Å². The minimum atomic E-state index is 0.0142. The van der Waals surface area contributed by atoms with E-state index in [-0.39, 0.29) is 5.91 Å². The number of amides is 1. The highest BCUT2D eigenvalue weighted by molar-refractivity contribution is 6.07. The number of hydrogen-bond acceptors (Lipinski definition) is 2. The van der Waals surface area contributed by atoms with Crippen molar-refractivity contribution in [2.75, 3.05) is 0 Å². The SMILES string of the molecule is Cc1ccccc1-c1cc(C(=O)NC2CCCC2)c2ccccc2n1. The van der Waals surface area contributed by atoms with Crippen LogP contribution in [0.25, 0.3) is 22.2 Å². The van der Waals surface area contributed by atoms with Crippen molar-refractivity contribution in [2.45, 2.75) is 38.6 Å². The van der Waals surface area contributed by atoms with Crippen molar-refractivity contribution in [2.24, 2.45) is 0 Å². The average Bonchev–Trinajstić information content (AvgIpc) is 3.14. The third-order valence-corrected chi connectivity index (χ3v) is 5.07. The van der Waals surface area contributed by atoms with Crippen molar-refractivity contribution in [1.82, 2.24) is 10.3 Å². The Balaban J connectivity index is 1.81. The van der Waals surface area contributed by atoms with Gasteiger partial charge in [-0.2, -0.15) is 0 Å². The van der Waals surface area contributed by atoms with Crippen LogP contribution in [0.3, 0.4) is 0 Å². The number of nitrogens with zero attached hydrogens (tertiary/aromatic N) is 1. The Kier molecular flexibility index (Phi) is 4.22. The molecule has 1 aliphatic rings. The Labute approximate surface area is 148 Å². The molecular formula is C22H22N2O. The fourth-order valence-corrected chi connectivity index (χ4v) is 3.69. The molecule has 0 unspecified atom stereocenters. The van der Waals surface area contributed by atoms with Crippen LogP contribution in [0.5, 0.6) is 0 Å². The Morgan fingerprint density at radius 1 is 1.04 bits per heavy atom. The molecule has 1 aliphatic carbocycles. The molecule has 0 atom stereocenters. The van der Waals surface area contributed by atoms with Gasteiger partial charge in [0.15, 0.2) is 0 Å². The highest BCUT2D eigenvalue weighted by Gasteiger charge is 2.20. The number of aryl methyl sites for hydroxylation is 1. The van der Waals surface area contributed by atoms with E-state index in [4.69, 9.17) is 4.98 Å². The van der Waals surface area contributed by atoms with Gasteiger partial charge in [0.2, 0.25) is 0 Å². The molecule has 3 nitrogen and oxygen atoms in total. The highest BCUT2D eigenvalue weighted by atomic mass is 16.1. The summed E-state index contributed by atoms with van der Waals surface area (Å²) in [5, 5.41) is 4.13. The predicted molar refractivity (Wildman–Crippen MR) is 102 cm³/mol. The maximum Gasteiger partial charge on any atom is 0.252 e. The Bertz CT molecular complexity index is 926. The summed E-state index contributed by atoms with van der Waals surface area (Å²) in [6.45, 7) is 2.07. The van der Waals surface area contributed by atoms with Gasteiger partial charge in [-0.25, -0.2) is 4.98 Å². The molecule has 1 amide bonds. The number of fused-ring (bicyclic) bond motifs is 1. The van der Waals surface area contributed by atoms with Crippen molar-refractivity contribution in [1.29, 1.82) is 0 Å². The fourth-order valence-electron chi connectivity index (χ4n) is 3.69. The Hall–Kier alpha value is -2.68. The first kappa shape index (κ1) is 15.8. The normalized spacial score (nSPS) is 14.8. The Morgan fingerprint density at radius 2 is 1.76 bits per heavy atom. The van der Waals surface area contributed by atoms with E-state index in [0.717, 1.165) is 46.1 Å². The first-order valence-electron chi connectivity index (χ1n) is 8.99. The third-order valence-electron chi connectivity index (χ3n) is 5.07. The molecule has 3 heteroatoms. The van der Waals surface area contributed by atoms with Gasteiger partial charge in [-0.1, -0.05) is 55.3 Å². The monoisotopic (exact) mass is 330 g/mol. The van der Waals surface area contributed by atoms with Gasteiger partial charge >= 0.3 is 0 Å². The number of para-hydroxylation sites is 1. The van der Waals surface area contributed by atoms with Crippen LogP contribution in [0.2, 0.25) is 0 Å². The van der Waals surface area contributed by atoms with Crippen molar-refractivity contribution in [3.05, 3.63) is 65.7 Å². The maximum atomic E-state index is 12.9. The molecule has 3 aromatic rings. The molecule has 2 aromatic carbocycles. The zero-order valence-corrected chi connectivity index (χ0v) is 14.5. The number of aromatic nitrogens is 1. The van der Waals surface area contributed by atoms with E-state index in [1.165, 1.54) is 12.8 Å². The number of pyridine rings is 1. The lowest BCUT2D eigenvalue weighted by molar-refractivity contribution is 0.0939. The fraction of sp³-hybridized carbons (Fsp3) is 0.273. The first-order chi connectivity index (χ1) is 12.2. The second-order valence-electron chi connectivity index (χ2n) is 6.84. The van der Waals surface area contributed by atoms with E-state index in [0.29, 0.717) is 6.04 Å². The minimum absolute atomic E-state index is 0.0142. The molecule has 25 heavy (non-hydrogen) atoms. The number of rotatable bonds is 3. The number of benzene rings is 2. The molecule has 126 valence electrons. The molecule has 0 saturated heterocycles. The van der Waals surface area contributed by atoms with Crippen LogP contribution in [-0.2, 0) is 0 Å². The molecule has 0 radical (unpaired) electrons. The number of nitrogens with one attached hydrogen (secondary N) is 1. The molecule has 4 rings (SSSR count). The highest BCUT2D eigenvalue weighted by Crippen LogP contribution is 2.27. The lowest BCUT2D eigenvalue weighted by Gasteiger charge is -2.15. The molecule has 1 heterocycles. The summed E-state index contributed by atoms with van der Waals surface area (Å²) in [7, 11) is 0. The zero-order chi connectivity index (χ0) is 17.2. The van der Waals surface area contributed by atoms with Crippen LogP contribution < -0.4 is 5.32 Å². The number of hydrogen-bond donors (Lipinski definition) is 1. The molecule has 1 fully saturated rings. The number of carbonyl (C=O) groups is 1. The van der Waals surface area contributed by atoms with E-state index in [1.807, 2.05) is 42.5 Å². The third kappa shape index (κ3) is 3.14. The van der Waals surface area contributed by atoms with Crippen LogP contribution in [0.15, 0.2) is 54.6 Å². The van der Waals surface area contributed by atoms with Gasteiger partial charge < -0.3 is 5.32 Å². The Morgan fingerprint density at radius 3 is 2.56 bits per heavy atom. The van der Waals surface area contributed by atoms with E-state index < -0.39 is 0 Å². The van der Waals surface area contributed by atoms with Gasteiger partial charge in [0.05, 0.1) is 16.8 Å². The van der Waals surface area contributed by atoms with Gasteiger partial charge in [0.25, 0.3) is 5.91 Å². The van der Waals surface area contributed by atoms with Crippen LogP contribution in [0, 0.1) is 6.92 Å². The summed E-state index contributed by atoms with van der Waals surface area (Å²) >= 11 is 0. The van der Waals surface area contributed by atoms with Gasteiger partial charge in [-0.3, -0.25) is 4.79 Å². The molecule has 0 spiro atoms. The summed E-state index contributed by atoms with van der Waals surface area (Å²) in [5.41, 5.74) is 4.67. The second kappa shape index (κ2) is 6.67. The predicted octanol–water partition coefficient (Wildman–Crippen LogP) is 4.88. The summed E-state index contributed by atoms with van der Waals surface area (Å²) < 4.78 is 0. The van der Waals surface area contributed by atoms with Crippen molar-refractivity contribution in [3.63, 3.8) is 0 Å². The van der Waals surface area contributed by atoms with Gasteiger partial charge in [0.1, 0.15) is 0 Å². The van der Waals surface area contributed by atoms with Crippen molar-refractivity contribution < 1.29 is 4.79 Å². The number of carbonyl (C=O) groups excluding carboxylic acids is 1. The largest absolute Gasteiger partial charge is 0.349 e. The first-order valence-corrected chi connectivity index (χ1v) is 8.99. The lowest BCUT2D eigenvalue weighted by atomic mass is 10.0. The van der Waals surface area contributed by atoms with E-state index in [9.17, 15) is 4.79 Å². The molecule has 1 aromatic heterocycles. The van der Waals surface area contributed by atoms with Crippen LogP contribution in [0.4, 0.5) is 0 Å². The summed E-state index contributed by atoms with van der Waals surface area (Å²) in [6, 6.07) is 18.3. The second-order valence-corrected chi connectivity index (χ2v) is 6.84. The summed E-state index contributed by atoms with van der Waals surface area (Å²) in [6.07, 6.45) is 4.58. The summed E-state index contributed by atoms with van der Waals surface area (Å²) in [4.78, 5) is 17.7. The quantitative estimate of drug-likeness (QED) is 0.743. The van der Waals surface area contributed by atoms with E-state index >= 15 is 0 Å². The molecule has 1 saturated carbocycles. The average molecular weight is 330 g/mol. The van der Waals surface area contributed by atoms with Gasteiger partial charge in [-0.05, 0) is 37.5 Å². The van der Waals surface area contributed by atoms with E-state index in [2.05, 4.69) is 24.4 Å². The van der Waals surface area contributed by atoms with Crippen molar-refractivity contribution >= 4 is 16.8 Å². The van der Waals surface area contributed by atoms with Crippen LogP contribution >= 0.6 is 0 Å². The summed E-state index contributed by atoms with van der Waals surface area (Å²) in [5.74, 6) is 0.0142. The van der Waals surface area contributed by atoms with Crippen molar-refractivity contribution in [3.8, 4) is 11.3 Å². The standard InChI is InChI=1S/C22H22N2O/c1-15-8-2-5-11-17(15)21-14-19(18-12-6-7-13-20(18)24-21)22(25)23-16-9-3-4-10-16/h2,5-8,11-14,16H,3-4,9-10H2,1H3,(H,23,25). The lowest BCUT2D eigenvalue weighted by Crippen LogP contribution is -2.32. The van der Waals surface area contributed by atoms with Crippen LogP contribution in [0.1, 0.15) is 41.6 Å². The van der Waals surface area contributed by atoms with E-state index in [1.54, 1.807) is 0 Å². The minimum Gasteiger partial charge on any atom is -0.349 e. The topological polar surface area (TPSA) is 42.0 Å². The molecule has 1 N–H and O–H groups in total. The van der Waals surface area contributed by atoms with Crippen LogP contribution in [-0.4, -0.2) is 16.9 Å². The maximum absolute atomic E-state index is 12.9. The zero-order valence-electron chi connectivity index (χ0n) is 14.5. The van der Waals surface area contributed by atoms with Gasteiger partial charge in [0, 0.05) is 17.0 Å². The smallest absolute Gasteiger partial charge is 0.252 e. The molecular weight excluding hydrogens is 308 g/mol. The molecule has 0 bridgehead atoms.